The van der Waals surface area contributed by atoms with Gasteiger partial charge >= 0.3 is 0 Å². The van der Waals surface area contributed by atoms with Crippen LogP contribution in [-0.4, -0.2) is 16.6 Å². The number of carbonyl (C=O) groups excluding carboxylic acids is 1. The first kappa shape index (κ1) is 12.9. The molecule has 0 fully saturated rings. The van der Waals surface area contributed by atoms with Gasteiger partial charge in [0.05, 0.1) is 32.7 Å². The Morgan fingerprint density at radius 3 is 3.05 bits per heavy atom. The molecular formula is C15H9FN4OS. The molecule has 2 N–H and O–H groups in total. The van der Waals surface area contributed by atoms with Gasteiger partial charge in [-0.1, -0.05) is 6.07 Å². The smallest absolute Gasteiger partial charge is 0.276 e. The van der Waals surface area contributed by atoms with Crippen molar-refractivity contribution in [1.29, 1.82) is 0 Å². The molecule has 22 heavy (non-hydrogen) atoms. The first-order chi connectivity index (χ1) is 10.7. The maximum Gasteiger partial charge on any atom is 0.276 e. The lowest BCUT2D eigenvalue weighted by atomic mass is 10.1. The van der Waals surface area contributed by atoms with Crippen molar-refractivity contribution >= 4 is 44.5 Å². The van der Waals surface area contributed by atoms with Crippen LogP contribution in [-0.2, 0) is 4.79 Å². The summed E-state index contributed by atoms with van der Waals surface area (Å²) in [6, 6.07) is 9.56. The summed E-state index contributed by atoms with van der Waals surface area (Å²) in [5.41, 5.74) is 7.46. The van der Waals surface area contributed by atoms with E-state index in [0.29, 0.717) is 11.4 Å². The molecule has 5 nitrogen and oxygen atoms in total. The largest absolute Gasteiger partial charge is 0.320 e. The zero-order valence-corrected chi connectivity index (χ0v) is 11.9. The number of hydrogen-bond acceptors (Lipinski definition) is 5. The number of nitrogens with one attached hydrogen (secondary N) is 2. The molecule has 0 unspecified atom stereocenters. The molecule has 0 saturated carbocycles. The Bertz CT molecular complexity index is 934. The molecule has 0 atom stereocenters. The lowest BCUT2D eigenvalue weighted by Gasteiger charge is -2.02. The number of hydrogen-bond donors (Lipinski definition) is 2. The SMILES string of the molecule is O=C1Nc2ccc3ncsc3c2/C1=N/Nc1cccc(F)c1. The number of hydrazone groups is 1. The van der Waals surface area contributed by atoms with Gasteiger partial charge in [-0.05, 0) is 30.3 Å². The molecule has 0 aliphatic carbocycles. The molecular weight excluding hydrogens is 303 g/mol. The second-order valence-corrected chi connectivity index (χ2v) is 5.58. The van der Waals surface area contributed by atoms with Crippen LogP contribution in [0.15, 0.2) is 47.0 Å². The molecule has 1 aliphatic rings. The molecule has 0 radical (unpaired) electrons. The summed E-state index contributed by atoms with van der Waals surface area (Å²) in [7, 11) is 0. The third-order valence-corrected chi connectivity index (χ3v) is 4.18. The standard InChI is InChI=1S/C15H9FN4OS/c16-8-2-1-3-9(6-8)19-20-13-12-10(18-15(13)21)4-5-11-14(12)22-7-17-11/h1-7,19H,(H,18,20,21). The van der Waals surface area contributed by atoms with Gasteiger partial charge in [-0.15, -0.1) is 11.3 Å². The molecule has 4 rings (SSSR count). The predicted octanol–water partition coefficient (Wildman–Crippen LogP) is 3.20. The summed E-state index contributed by atoms with van der Waals surface area (Å²) < 4.78 is 14.1. The van der Waals surface area contributed by atoms with Gasteiger partial charge in [0.25, 0.3) is 5.91 Å². The number of thiazole rings is 1. The van der Waals surface area contributed by atoms with E-state index in [0.717, 1.165) is 15.8 Å². The molecule has 1 aromatic heterocycles. The summed E-state index contributed by atoms with van der Waals surface area (Å²) in [5.74, 6) is -0.661. The Kier molecular flexibility index (Phi) is 2.87. The highest BCUT2D eigenvalue weighted by Gasteiger charge is 2.29. The first-order valence-corrected chi connectivity index (χ1v) is 7.37. The van der Waals surface area contributed by atoms with E-state index in [4.69, 9.17) is 0 Å². The Labute approximate surface area is 128 Å². The van der Waals surface area contributed by atoms with Gasteiger partial charge in [0, 0.05) is 0 Å². The summed E-state index contributed by atoms with van der Waals surface area (Å²) >= 11 is 1.45. The van der Waals surface area contributed by atoms with Crippen molar-refractivity contribution in [3.8, 4) is 0 Å². The van der Waals surface area contributed by atoms with Crippen LogP contribution in [0.5, 0.6) is 0 Å². The lowest BCUT2D eigenvalue weighted by molar-refractivity contribution is -0.110. The highest BCUT2D eigenvalue weighted by atomic mass is 32.1. The molecule has 2 heterocycles. The predicted molar refractivity (Wildman–Crippen MR) is 84.8 cm³/mol. The average molecular weight is 312 g/mol. The highest BCUT2D eigenvalue weighted by molar-refractivity contribution is 7.17. The van der Waals surface area contributed by atoms with Crippen molar-refractivity contribution in [2.45, 2.75) is 0 Å². The number of nitrogens with zero attached hydrogens (tertiary/aromatic N) is 2. The molecule has 0 spiro atoms. The minimum atomic E-state index is -0.369. The molecule has 2 aromatic carbocycles. The van der Waals surface area contributed by atoms with Gasteiger partial charge in [0.1, 0.15) is 5.82 Å². The number of amides is 1. The zero-order chi connectivity index (χ0) is 15.1. The van der Waals surface area contributed by atoms with Crippen LogP contribution in [0.2, 0.25) is 0 Å². The van der Waals surface area contributed by atoms with Crippen molar-refractivity contribution in [3.05, 3.63) is 53.3 Å². The van der Waals surface area contributed by atoms with E-state index in [1.54, 1.807) is 23.7 Å². The van der Waals surface area contributed by atoms with Gasteiger partial charge in [-0.25, -0.2) is 9.37 Å². The Hall–Kier alpha value is -2.80. The maximum absolute atomic E-state index is 13.2. The third kappa shape index (κ3) is 2.03. The number of fused-ring (bicyclic) bond motifs is 3. The van der Waals surface area contributed by atoms with Crippen molar-refractivity contribution < 1.29 is 9.18 Å². The van der Waals surface area contributed by atoms with Crippen LogP contribution in [0.1, 0.15) is 5.56 Å². The Balaban J connectivity index is 1.78. The second-order valence-electron chi connectivity index (χ2n) is 4.73. The van der Waals surface area contributed by atoms with Crippen LogP contribution >= 0.6 is 11.3 Å². The fourth-order valence-corrected chi connectivity index (χ4v) is 3.19. The van der Waals surface area contributed by atoms with Crippen molar-refractivity contribution in [2.75, 3.05) is 10.7 Å². The monoisotopic (exact) mass is 312 g/mol. The molecule has 0 bridgehead atoms. The number of anilines is 2. The average Bonchev–Trinajstić information content (AvgIpc) is 3.08. The summed E-state index contributed by atoms with van der Waals surface area (Å²) in [5, 5.41) is 6.93. The molecule has 108 valence electrons. The Morgan fingerprint density at radius 2 is 2.18 bits per heavy atom. The summed E-state index contributed by atoms with van der Waals surface area (Å²) in [6.07, 6.45) is 0. The number of benzene rings is 2. The van der Waals surface area contributed by atoms with Crippen LogP contribution in [0.4, 0.5) is 15.8 Å². The van der Waals surface area contributed by atoms with E-state index in [-0.39, 0.29) is 17.4 Å². The molecule has 1 amide bonds. The maximum atomic E-state index is 13.2. The van der Waals surface area contributed by atoms with Gasteiger partial charge in [0.15, 0.2) is 5.71 Å². The third-order valence-electron chi connectivity index (χ3n) is 3.32. The van der Waals surface area contributed by atoms with Gasteiger partial charge in [0.2, 0.25) is 0 Å². The van der Waals surface area contributed by atoms with E-state index in [1.165, 1.54) is 23.5 Å². The number of carbonyl (C=O) groups is 1. The van der Waals surface area contributed by atoms with E-state index >= 15 is 0 Å². The van der Waals surface area contributed by atoms with E-state index in [9.17, 15) is 9.18 Å². The number of rotatable bonds is 2. The van der Waals surface area contributed by atoms with E-state index < -0.39 is 0 Å². The van der Waals surface area contributed by atoms with Crippen LogP contribution in [0, 0.1) is 5.82 Å². The quantitative estimate of drug-likeness (QED) is 0.714. The normalized spacial score (nSPS) is 15.1. The van der Waals surface area contributed by atoms with Gasteiger partial charge in [-0.2, -0.15) is 5.10 Å². The number of halogens is 1. The summed E-state index contributed by atoms with van der Waals surface area (Å²) in [4.78, 5) is 16.4. The second kappa shape index (κ2) is 4.88. The first-order valence-electron chi connectivity index (χ1n) is 6.49. The fourth-order valence-electron chi connectivity index (χ4n) is 2.35. The topological polar surface area (TPSA) is 66.4 Å². The van der Waals surface area contributed by atoms with Crippen LogP contribution in [0.3, 0.4) is 0 Å². The molecule has 1 aliphatic heterocycles. The van der Waals surface area contributed by atoms with Crippen molar-refractivity contribution in [1.82, 2.24) is 4.98 Å². The molecule has 3 aromatic rings. The van der Waals surface area contributed by atoms with Crippen LogP contribution < -0.4 is 10.7 Å². The molecule has 0 saturated heterocycles. The minimum absolute atomic E-state index is 0.272. The zero-order valence-electron chi connectivity index (χ0n) is 11.1. The number of aromatic nitrogens is 1. The lowest BCUT2D eigenvalue weighted by Crippen LogP contribution is -2.16. The minimum Gasteiger partial charge on any atom is -0.320 e. The molecule has 7 heteroatoms. The van der Waals surface area contributed by atoms with Gasteiger partial charge < -0.3 is 5.32 Å². The van der Waals surface area contributed by atoms with Crippen LogP contribution in [0.25, 0.3) is 10.2 Å². The highest BCUT2D eigenvalue weighted by Crippen LogP contribution is 2.33. The fraction of sp³-hybridized carbons (Fsp3) is 0. The van der Waals surface area contributed by atoms with Gasteiger partial charge in [-0.3, -0.25) is 10.2 Å². The summed E-state index contributed by atoms with van der Waals surface area (Å²) in [6.45, 7) is 0. The Morgan fingerprint density at radius 1 is 1.27 bits per heavy atom. The van der Waals surface area contributed by atoms with Crippen molar-refractivity contribution in [3.63, 3.8) is 0 Å². The van der Waals surface area contributed by atoms with Crippen molar-refractivity contribution in [2.24, 2.45) is 5.10 Å². The van der Waals surface area contributed by atoms with E-state index in [2.05, 4.69) is 20.8 Å². The van der Waals surface area contributed by atoms with E-state index in [1.807, 2.05) is 6.07 Å².